The van der Waals surface area contributed by atoms with Gasteiger partial charge in [0.05, 0.1) is 6.54 Å². The second-order valence-electron chi connectivity index (χ2n) is 7.47. The molecule has 1 heterocycles. The molecule has 28 heavy (non-hydrogen) atoms. The van der Waals surface area contributed by atoms with Crippen molar-refractivity contribution >= 4 is 22.4 Å². The third-order valence-corrected chi connectivity index (χ3v) is 5.36. The van der Waals surface area contributed by atoms with E-state index in [0.29, 0.717) is 6.54 Å². The van der Waals surface area contributed by atoms with Crippen molar-refractivity contribution in [3.63, 3.8) is 0 Å². The Kier molecular flexibility index (Phi) is 6.00. The van der Waals surface area contributed by atoms with E-state index in [9.17, 15) is 4.79 Å². The average molecular weight is 374 g/mol. The molecule has 3 aromatic carbocycles. The van der Waals surface area contributed by atoms with Crippen molar-refractivity contribution in [3.8, 4) is 0 Å². The second kappa shape index (κ2) is 9.00. The highest BCUT2D eigenvalue weighted by molar-refractivity contribution is 6.02. The lowest BCUT2D eigenvalue weighted by Crippen LogP contribution is -2.36. The van der Waals surface area contributed by atoms with Crippen LogP contribution in [0.15, 0.2) is 72.8 Å². The summed E-state index contributed by atoms with van der Waals surface area (Å²) < 4.78 is 0. The van der Waals surface area contributed by atoms with Crippen molar-refractivity contribution in [1.29, 1.82) is 0 Å². The van der Waals surface area contributed by atoms with Crippen LogP contribution in [0.5, 0.6) is 0 Å². The van der Waals surface area contributed by atoms with Gasteiger partial charge in [0.25, 0.3) is 0 Å². The highest BCUT2D eigenvalue weighted by atomic mass is 16.2. The maximum absolute atomic E-state index is 12.6. The number of amides is 1. The van der Waals surface area contributed by atoms with Gasteiger partial charge in [0.1, 0.15) is 0 Å². The minimum Gasteiger partial charge on any atom is -0.324 e. The van der Waals surface area contributed by atoms with Gasteiger partial charge in [-0.3, -0.25) is 14.6 Å². The summed E-state index contributed by atoms with van der Waals surface area (Å²) in [5, 5.41) is 5.34. The van der Waals surface area contributed by atoms with Gasteiger partial charge in [-0.05, 0) is 36.5 Å². The lowest BCUT2D eigenvalue weighted by molar-refractivity contribution is -0.117. The number of carbonyl (C=O) groups excluding carboxylic acids is 1. The molecule has 144 valence electrons. The summed E-state index contributed by atoms with van der Waals surface area (Å²) in [6, 6.07) is 24.8. The van der Waals surface area contributed by atoms with Crippen LogP contribution < -0.4 is 5.32 Å². The van der Waals surface area contributed by atoms with Gasteiger partial charge in [0.15, 0.2) is 0 Å². The number of nitrogens with one attached hydrogen (secondary N) is 1. The van der Waals surface area contributed by atoms with Crippen LogP contribution in [-0.2, 0) is 11.3 Å². The summed E-state index contributed by atoms with van der Waals surface area (Å²) in [4.78, 5) is 17.4. The molecule has 1 aliphatic heterocycles. The third kappa shape index (κ3) is 4.77. The van der Waals surface area contributed by atoms with E-state index in [2.05, 4.69) is 63.6 Å². The molecule has 1 saturated heterocycles. The summed E-state index contributed by atoms with van der Waals surface area (Å²) in [5.74, 6) is 0.0628. The SMILES string of the molecule is O=C(CN1CCCN(Cc2ccccc2)CC1)Nc1cccc2ccccc12. The summed E-state index contributed by atoms with van der Waals surface area (Å²) in [6.07, 6.45) is 1.09. The molecule has 1 aliphatic rings. The summed E-state index contributed by atoms with van der Waals surface area (Å²) >= 11 is 0. The molecule has 1 N–H and O–H groups in total. The molecular weight excluding hydrogens is 346 g/mol. The Morgan fingerprint density at radius 2 is 1.50 bits per heavy atom. The van der Waals surface area contributed by atoms with Crippen LogP contribution in [-0.4, -0.2) is 48.4 Å². The molecule has 4 heteroatoms. The maximum atomic E-state index is 12.6. The first kappa shape index (κ1) is 18.7. The van der Waals surface area contributed by atoms with Crippen molar-refractivity contribution in [3.05, 3.63) is 78.4 Å². The minimum atomic E-state index is 0.0628. The first-order valence-corrected chi connectivity index (χ1v) is 10.0. The van der Waals surface area contributed by atoms with Crippen LogP contribution in [0.1, 0.15) is 12.0 Å². The lowest BCUT2D eigenvalue weighted by atomic mass is 10.1. The number of benzene rings is 3. The molecule has 1 fully saturated rings. The monoisotopic (exact) mass is 373 g/mol. The zero-order valence-electron chi connectivity index (χ0n) is 16.2. The van der Waals surface area contributed by atoms with Crippen LogP contribution >= 0.6 is 0 Å². The fourth-order valence-corrected chi connectivity index (χ4v) is 3.91. The van der Waals surface area contributed by atoms with Crippen LogP contribution in [0.3, 0.4) is 0 Å². The van der Waals surface area contributed by atoms with E-state index < -0.39 is 0 Å². The summed E-state index contributed by atoms with van der Waals surface area (Å²) in [5.41, 5.74) is 2.24. The van der Waals surface area contributed by atoms with E-state index in [1.165, 1.54) is 5.56 Å². The maximum Gasteiger partial charge on any atom is 0.238 e. The largest absolute Gasteiger partial charge is 0.324 e. The van der Waals surface area contributed by atoms with Gasteiger partial charge in [-0.1, -0.05) is 66.7 Å². The summed E-state index contributed by atoms with van der Waals surface area (Å²) in [7, 11) is 0. The van der Waals surface area contributed by atoms with Crippen molar-refractivity contribution in [2.75, 3.05) is 38.0 Å². The van der Waals surface area contributed by atoms with Crippen molar-refractivity contribution < 1.29 is 4.79 Å². The fourth-order valence-electron chi connectivity index (χ4n) is 3.91. The van der Waals surface area contributed by atoms with Crippen molar-refractivity contribution in [1.82, 2.24) is 9.80 Å². The first-order chi connectivity index (χ1) is 13.8. The van der Waals surface area contributed by atoms with Crippen LogP contribution in [0.25, 0.3) is 10.8 Å². The van der Waals surface area contributed by atoms with Gasteiger partial charge < -0.3 is 5.32 Å². The van der Waals surface area contributed by atoms with Crippen LogP contribution in [0.4, 0.5) is 5.69 Å². The van der Waals surface area contributed by atoms with Gasteiger partial charge >= 0.3 is 0 Å². The summed E-state index contributed by atoms with van der Waals surface area (Å²) in [6.45, 7) is 5.40. The standard InChI is InChI=1S/C24H27N3O/c28-24(25-23-13-6-11-21-10-4-5-12-22(21)23)19-27-15-7-14-26(16-17-27)18-20-8-2-1-3-9-20/h1-6,8-13H,7,14-19H2,(H,25,28). The van der Waals surface area contributed by atoms with Crippen LogP contribution in [0, 0.1) is 0 Å². The van der Waals surface area contributed by atoms with Gasteiger partial charge in [-0.25, -0.2) is 0 Å². The molecule has 0 atom stereocenters. The smallest absolute Gasteiger partial charge is 0.238 e. The Morgan fingerprint density at radius 3 is 2.39 bits per heavy atom. The zero-order chi connectivity index (χ0) is 19.2. The predicted molar refractivity (Wildman–Crippen MR) is 115 cm³/mol. The Labute approximate surface area is 166 Å². The molecule has 0 saturated carbocycles. The molecule has 0 radical (unpaired) electrons. The number of nitrogens with zero attached hydrogens (tertiary/aromatic N) is 2. The predicted octanol–water partition coefficient (Wildman–Crippen LogP) is 3.99. The minimum absolute atomic E-state index is 0.0628. The first-order valence-electron chi connectivity index (χ1n) is 10.0. The number of carbonyl (C=O) groups is 1. The zero-order valence-corrected chi connectivity index (χ0v) is 16.2. The van der Waals surface area contributed by atoms with E-state index in [1.54, 1.807) is 0 Å². The Balaban J connectivity index is 1.32. The highest BCUT2D eigenvalue weighted by Gasteiger charge is 2.17. The Bertz CT molecular complexity index is 920. The van der Waals surface area contributed by atoms with Gasteiger partial charge in [0, 0.05) is 30.7 Å². The Hall–Kier alpha value is -2.69. The molecule has 0 aromatic heterocycles. The van der Waals surface area contributed by atoms with E-state index in [-0.39, 0.29) is 5.91 Å². The molecule has 4 nitrogen and oxygen atoms in total. The number of hydrogen-bond acceptors (Lipinski definition) is 3. The molecule has 0 spiro atoms. The van der Waals surface area contributed by atoms with E-state index in [0.717, 1.165) is 55.6 Å². The topological polar surface area (TPSA) is 35.6 Å². The number of rotatable bonds is 5. The normalized spacial score (nSPS) is 16.0. The van der Waals surface area contributed by atoms with Crippen LogP contribution in [0.2, 0.25) is 0 Å². The molecular formula is C24H27N3O. The molecule has 3 aromatic rings. The van der Waals surface area contributed by atoms with Crippen molar-refractivity contribution in [2.45, 2.75) is 13.0 Å². The molecule has 0 bridgehead atoms. The fraction of sp³-hybridized carbons (Fsp3) is 0.292. The van der Waals surface area contributed by atoms with E-state index in [4.69, 9.17) is 0 Å². The number of fused-ring (bicyclic) bond motifs is 1. The van der Waals surface area contributed by atoms with Gasteiger partial charge in [-0.15, -0.1) is 0 Å². The second-order valence-corrected chi connectivity index (χ2v) is 7.47. The molecule has 4 rings (SSSR count). The average Bonchev–Trinajstić information content (AvgIpc) is 2.94. The molecule has 0 aliphatic carbocycles. The Morgan fingerprint density at radius 1 is 0.786 bits per heavy atom. The van der Waals surface area contributed by atoms with E-state index in [1.807, 2.05) is 24.3 Å². The van der Waals surface area contributed by atoms with Gasteiger partial charge in [0.2, 0.25) is 5.91 Å². The van der Waals surface area contributed by atoms with Gasteiger partial charge in [-0.2, -0.15) is 0 Å². The molecule has 1 amide bonds. The quantitative estimate of drug-likeness (QED) is 0.735. The third-order valence-electron chi connectivity index (χ3n) is 5.36. The number of anilines is 1. The van der Waals surface area contributed by atoms with Crippen molar-refractivity contribution in [2.24, 2.45) is 0 Å². The lowest BCUT2D eigenvalue weighted by Gasteiger charge is -2.21. The number of hydrogen-bond donors (Lipinski definition) is 1. The molecule has 0 unspecified atom stereocenters. The highest BCUT2D eigenvalue weighted by Crippen LogP contribution is 2.22. The van der Waals surface area contributed by atoms with E-state index >= 15 is 0 Å².